The van der Waals surface area contributed by atoms with Crippen LogP contribution in [-0.2, 0) is 0 Å². The van der Waals surface area contributed by atoms with Crippen LogP contribution in [0, 0.1) is 11.6 Å². The summed E-state index contributed by atoms with van der Waals surface area (Å²) in [4.78, 5) is 5.93. The minimum absolute atomic E-state index is 0.244. The highest BCUT2D eigenvalue weighted by Gasteiger charge is 2.23. The molecule has 76 valence electrons. The van der Waals surface area contributed by atoms with Crippen LogP contribution in [0.25, 0.3) is 0 Å². The molecule has 5 heteroatoms. The maximum atomic E-state index is 13.3. The van der Waals surface area contributed by atoms with Gasteiger partial charge in [-0.05, 0) is 6.42 Å². The van der Waals surface area contributed by atoms with E-state index in [9.17, 15) is 8.78 Å². The molecular formula is C9H9BrF2N2. The SMILES string of the molecule is Fc1cnc(N2CCC(Br)C2)c(F)c1. The Labute approximate surface area is 89.1 Å². The zero-order valence-electron chi connectivity index (χ0n) is 7.38. The van der Waals surface area contributed by atoms with Gasteiger partial charge in [0.2, 0.25) is 0 Å². The summed E-state index contributed by atoms with van der Waals surface area (Å²) >= 11 is 3.45. The van der Waals surface area contributed by atoms with Crippen LogP contribution in [0.1, 0.15) is 6.42 Å². The molecule has 1 fully saturated rings. The fourth-order valence-electron chi connectivity index (χ4n) is 1.55. The lowest BCUT2D eigenvalue weighted by Crippen LogP contribution is -2.22. The molecule has 14 heavy (non-hydrogen) atoms. The van der Waals surface area contributed by atoms with E-state index in [0.29, 0.717) is 4.83 Å². The molecule has 0 radical (unpaired) electrons. The summed E-state index contributed by atoms with van der Waals surface area (Å²) in [6, 6.07) is 0.865. The average molecular weight is 263 g/mol. The standard InChI is InChI=1S/C9H9BrF2N2/c10-6-1-2-14(5-6)9-8(12)3-7(11)4-13-9/h3-4,6H,1-2,5H2. The fraction of sp³-hybridized carbons (Fsp3) is 0.444. The van der Waals surface area contributed by atoms with E-state index in [4.69, 9.17) is 0 Å². The topological polar surface area (TPSA) is 16.1 Å². The zero-order valence-corrected chi connectivity index (χ0v) is 8.97. The van der Waals surface area contributed by atoms with Crippen LogP contribution in [0.2, 0.25) is 0 Å². The Morgan fingerprint density at radius 1 is 1.50 bits per heavy atom. The first kappa shape index (κ1) is 9.83. The Morgan fingerprint density at radius 2 is 2.29 bits per heavy atom. The van der Waals surface area contributed by atoms with Crippen LogP contribution >= 0.6 is 15.9 Å². The van der Waals surface area contributed by atoms with Gasteiger partial charge < -0.3 is 4.90 Å². The highest BCUT2D eigenvalue weighted by atomic mass is 79.9. The molecule has 1 aliphatic heterocycles. The van der Waals surface area contributed by atoms with Gasteiger partial charge in [0.1, 0.15) is 5.82 Å². The van der Waals surface area contributed by atoms with E-state index in [0.717, 1.165) is 31.8 Å². The van der Waals surface area contributed by atoms with Gasteiger partial charge >= 0.3 is 0 Å². The van der Waals surface area contributed by atoms with Crippen LogP contribution in [0.5, 0.6) is 0 Å². The van der Waals surface area contributed by atoms with Crippen molar-refractivity contribution in [2.45, 2.75) is 11.2 Å². The van der Waals surface area contributed by atoms with Crippen molar-refractivity contribution in [3.05, 3.63) is 23.9 Å². The van der Waals surface area contributed by atoms with Gasteiger partial charge in [-0.1, -0.05) is 15.9 Å². The van der Waals surface area contributed by atoms with E-state index in [2.05, 4.69) is 20.9 Å². The van der Waals surface area contributed by atoms with E-state index in [1.807, 2.05) is 4.90 Å². The number of hydrogen-bond donors (Lipinski definition) is 0. The molecule has 0 saturated carbocycles. The third-order valence-corrected chi connectivity index (χ3v) is 2.97. The van der Waals surface area contributed by atoms with Crippen LogP contribution in [0.15, 0.2) is 12.3 Å². The van der Waals surface area contributed by atoms with Gasteiger partial charge in [-0.2, -0.15) is 0 Å². The van der Waals surface area contributed by atoms with E-state index in [1.54, 1.807) is 0 Å². The molecule has 1 aromatic heterocycles. The summed E-state index contributed by atoms with van der Waals surface area (Å²) in [6.07, 6.45) is 2.00. The molecule has 0 spiro atoms. The smallest absolute Gasteiger partial charge is 0.168 e. The molecule has 1 saturated heterocycles. The average Bonchev–Trinajstić information content (AvgIpc) is 2.51. The summed E-state index contributed by atoms with van der Waals surface area (Å²) in [5, 5.41) is 0. The van der Waals surface area contributed by atoms with Crippen LogP contribution in [-0.4, -0.2) is 22.9 Å². The second-order valence-electron chi connectivity index (χ2n) is 3.29. The lowest BCUT2D eigenvalue weighted by Gasteiger charge is -2.16. The summed E-state index contributed by atoms with van der Waals surface area (Å²) in [5.74, 6) is -0.985. The Morgan fingerprint density at radius 3 is 2.86 bits per heavy atom. The molecule has 0 bridgehead atoms. The van der Waals surface area contributed by atoms with Gasteiger partial charge in [-0.25, -0.2) is 13.8 Å². The molecule has 0 aliphatic carbocycles. The second-order valence-corrected chi connectivity index (χ2v) is 4.59. The summed E-state index contributed by atoms with van der Waals surface area (Å²) < 4.78 is 25.9. The summed E-state index contributed by atoms with van der Waals surface area (Å²) in [7, 11) is 0. The Balaban J connectivity index is 2.24. The zero-order chi connectivity index (χ0) is 10.1. The quantitative estimate of drug-likeness (QED) is 0.723. The van der Waals surface area contributed by atoms with Crippen molar-refractivity contribution in [2.75, 3.05) is 18.0 Å². The van der Waals surface area contributed by atoms with Gasteiger partial charge in [0.15, 0.2) is 11.6 Å². The Bertz CT molecular complexity index is 346. The second kappa shape index (κ2) is 3.81. The number of rotatable bonds is 1. The van der Waals surface area contributed by atoms with Crippen LogP contribution in [0.3, 0.4) is 0 Å². The van der Waals surface area contributed by atoms with E-state index >= 15 is 0 Å². The van der Waals surface area contributed by atoms with Gasteiger partial charge in [0.25, 0.3) is 0 Å². The minimum Gasteiger partial charge on any atom is -0.353 e. The first-order valence-electron chi connectivity index (χ1n) is 4.37. The Kier molecular flexibility index (Phi) is 2.67. The molecule has 1 aromatic rings. The summed E-state index contributed by atoms with van der Waals surface area (Å²) in [5.41, 5.74) is 0. The van der Waals surface area contributed by atoms with Crippen molar-refractivity contribution in [3.63, 3.8) is 0 Å². The Hall–Kier alpha value is -0.710. The minimum atomic E-state index is -0.638. The molecule has 0 amide bonds. The van der Waals surface area contributed by atoms with Crippen molar-refractivity contribution >= 4 is 21.7 Å². The number of aromatic nitrogens is 1. The van der Waals surface area contributed by atoms with Gasteiger partial charge in [0, 0.05) is 24.0 Å². The van der Waals surface area contributed by atoms with Gasteiger partial charge in [0.05, 0.1) is 6.20 Å². The number of alkyl halides is 1. The number of pyridine rings is 1. The largest absolute Gasteiger partial charge is 0.353 e. The highest BCUT2D eigenvalue weighted by molar-refractivity contribution is 9.09. The van der Waals surface area contributed by atoms with Crippen molar-refractivity contribution in [2.24, 2.45) is 0 Å². The van der Waals surface area contributed by atoms with Crippen molar-refractivity contribution in [3.8, 4) is 0 Å². The lowest BCUT2D eigenvalue weighted by molar-refractivity contribution is 0.570. The predicted molar refractivity (Wildman–Crippen MR) is 53.7 cm³/mol. The molecule has 1 unspecified atom stereocenters. The van der Waals surface area contributed by atoms with E-state index in [-0.39, 0.29) is 5.82 Å². The maximum absolute atomic E-state index is 13.3. The van der Waals surface area contributed by atoms with Crippen molar-refractivity contribution in [1.29, 1.82) is 0 Å². The summed E-state index contributed by atoms with van der Waals surface area (Å²) in [6.45, 7) is 1.47. The third kappa shape index (κ3) is 1.87. The number of hydrogen-bond acceptors (Lipinski definition) is 2. The number of halogens is 3. The first-order chi connectivity index (χ1) is 6.66. The monoisotopic (exact) mass is 262 g/mol. The number of anilines is 1. The van der Waals surface area contributed by atoms with Gasteiger partial charge in [-0.15, -0.1) is 0 Å². The molecule has 2 rings (SSSR count). The van der Waals surface area contributed by atoms with Crippen LogP contribution in [0.4, 0.5) is 14.6 Å². The number of nitrogens with zero attached hydrogens (tertiary/aromatic N) is 2. The fourth-order valence-corrected chi connectivity index (χ4v) is 2.10. The predicted octanol–water partition coefficient (Wildman–Crippen LogP) is 2.33. The molecular weight excluding hydrogens is 254 g/mol. The van der Waals surface area contributed by atoms with E-state index in [1.165, 1.54) is 0 Å². The molecule has 1 atom stereocenters. The highest BCUT2D eigenvalue weighted by Crippen LogP contribution is 2.24. The first-order valence-corrected chi connectivity index (χ1v) is 5.28. The van der Waals surface area contributed by atoms with Crippen LogP contribution < -0.4 is 4.90 Å². The lowest BCUT2D eigenvalue weighted by atomic mass is 10.4. The normalized spacial score (nSPS) is 21.6. The molecule has 0 N–H and O–H groups in total. The third-order valence-electron chi connectivity index (χ3n) is 2.22. The maximum Gasteiger partial charge on any atom is 0.168 e. The van der Waals surface area contributed by atoms with Crippen molar-refractivity contribution < 1.29 is 8.78 Å². The molecule has 0 aromatic carbocycles. The molecule has 2 heterocycles. The van der Waals surface area contributed by atoms with Gasteiger partial charge in [-0.3, -0.25) is 0 Å². The molecule has 2 nitrogen and oxygen atoms in total. The molecule has 1 aliphatic rings. The van der Waals surface area contributed by atoms with Crippen molar-refractivity contribution in [1.82, 2.24) is 4.98 Å². The van der Waals surface area contributed by atoms with E-state index < -0.39 is 11.6 Å².